The van der Waals surface area contributed by atoms with Gasteiger partial charge in [-0.1, -0.05) is 137 Å². The molecule has 0 bridgehead atoms. The molecule has 25 heavy (non-hydrogen) atoms. The van der Waals surface area contributed by atoms with Crippen LogP contribution in [0.1, 0.15) is 42.2 Å². The fraction of sp³-hybridized carbons (Fsp3) is 0.368. The van der Waals surface area contributed by atoms with E-state index in [9.17, 15) is 0 Å². The first-order valence-corrected chi connectivity index (χ1v) is 10.2. The zero-order chi connectivity index (χ0) is 18.5. The van der Waals surface area contributed by atoms with Gasteiger partial charge in [-0.05, 0) is 24.0 Å². The van der Waals surface area contributed by atoms with Crippen LogP contribution in [-0.2, 0) is 0 Å². The molecule has 6 heteroatoms. The standard InChI is InChI=1S/C19H18Cl6/c20-18(21,22)16(14-8-3-1-4-9-14)12-7-13-17(19(23,24)25)15-10-5-2-6-11-15/h1-6,8-11,16-17H,7,12-13H2. The highest BCUT2D eigenvalue weighted by Crippen LogP contribution is 2.47. The molecule has 2 atom stereocenters. The van der Waals surface area contributed by atoms with Crippen LogP contribution in [0.4, 0.5) is 0 Å². The van der Waals surface area contributed by atoms with Gasteiger partial charge in [0, 0.05) is 11.8 Å². The number of rotatable bonds is 6. The van der Waals surface area contributed by atoms with Crippen LogP contribution in [0, 0.1) is 0 Å². The summed E-state index contributed by atoms with van der Waals surface area (Å²) in [4.78, 5) is 0. The van der Waals surface area contributed by atoms with Crippen molar-refractivity contribution < 1.29 is 0 Å². The van der Waals surface area contributed by atoms with Gasteiger partial charge in [0.2, 0.25) is 0 Å². The molecule has 0 N–H and O–H groups in total. The van der Waals surface area contributed by atoms with Crippen LogP contribution >= 0.6 is 69.6 Å². The van der Waals surface area contributed by atoms with Crippen molar-refractivity contribution in [1.82, 2.24) is 0 Å². The SMILES string of the molecule is ClC(Cl)(Cl)C(CCCC(c1ccccc1)C(Cl)(Cl)Cl)c1ccccc1. The van der Waals surface area contributed by atoms with Gasteiger partial charge in [0.15, 0.2) is 7.59 Å². The molecule has 0 aliphatic heterocycles. The third-order valence-corrected chi connectivity index (χ3v) is 5.76. The van der Waals surface area contributed by atoms with Crippen molar-refractivity contribution in [3.05, 3.63) is 71.8 Å². The second-order valence-corrected chi connectivity index (χ2v) is 10.7. The van der Waals surface area contributed by atoms with E-state index >= 15 is 0 Å². The minimum atomic E-state index is -1.39. The average molecular weight is 459 g/mol. The molecule has 0 aliphatic carbocycles. The third kappa shape index (κ3) is 6.69. The van der Waals surface area contributed by atoms with E-state index in [2.05, 4.69) is 0 Å². The summed E-state index contributed by atoms with van der Waals surface area (Å²) in [7, 11) is 0. The van der Waals surface area contributed by atoms with Crippen LogP contribution in [-0.4, -0.2) is 7.59 Å². The molecule has 0 spiro atoms. The number of benzene rings is 2. The molecule has 0 radical (unpaired) electrons. The van der Waals surface area contributed by atoms with Gasteiger partial charge in [0.1, 0.15) is 0 Å². The van der Waals surface area contributed by atoms with Crippen molar-refractivity contribution in [2.75, 3.05) is 0 Å². The average Bonchev–Trinajstić information content (AvgIpc) is 2.54. The smallest absolute Gasteiger partial charge is 0.0830 e. The Morgan fingerprint density at radius 2 is 0.880 bits per heavy atom. The first kappa shape index (κ1) is 21.5. The van der Waals surface area contributed by atoms with Crippen LogP contribution < -0.4 is 0 Å². The second-order valence-electron chi connectivity index (χ2n) is 5.94. The lowest BCUT2D eigenvalue weighted by atomic mass is 9.90. The maximum atomic E-state index is 6.21. The number of halogens is 6. The molecule has 2 aromatic rings. The van der Waals surface area contributed by atoms with Gasteiger partial charge < -0.3 is 0 Å². The van der Waals surface area contributed by atoms with E-state index in [0.717, 1.165) is 17.5 Å². The fourth-order valence-electron chi connectivity index (χ4n) is 2.94. The van der Waals surface area contributed by atoms with Gasteiger partial charge in [0.05, 0.1) is 0 Å². The van der Waals surface area contributed by atoms with Crippen LogP contribution in [0.15, 0.2) is 60.7 Å². The number of hydrogen-bond acceptors (Lipinski definition) is 0. The first-order valence-electron chi connectivity index (χ1n) is 7.93. The first-order chi connectivity index (χ1) is 11.7. The Morgan fingerprint density at radius 3 is 1.16 bits per heavy atom. The minimum absolute atomic E-state index is 0.217. The van der Waals surface area contributed by atoms with E-state index in [0.29, 0.717) is 12.8 Å². The number of alkyl halides is 6. The molecule has 2 rings (SSSR count). The summed E-state index contributed by atoms with van der Waals surface area (Å²) in [5.41, 5.74) is 1.99. The van der Waals surface area contributed by atoms with Crippen molar-refractivity contribution in [2.45, 2.75) is 38.7 Å². The summed E-state index contributed by atoms with van der Waals surface area (Å²) >= 11 is 37.3. The van der Waals surface area contributed by atoms with E-state index in [1.807, 2.05) is 60.7 Å². The highest BCUT2D eigenvalue weighted by molar-refractivity contribution is 6.68. The van der Waals surface area contributed by atoms with E-state index < -0.39 is 7.59 Å². The summed E-state index contributed by atoms with van der Waals surface area (Å²) in [6.45, 7) is 0. The largest absolute Gasteiger partial charge is 0.197 e. The van der Waals surface area contributed by atoms with Gasteiger partial charge in [-0.2, -0.15) is 0 Å². The van der Waals surface area contributed by atoms with Crippen molar-refractivity contribution in [2.24, 2.45) is 0 Å². The summed E-state index contributed by atoms with van der Waals surface area (Å²) < 4.78 is -2.77. The van der Waals surface area contributed by atoms with Crippen molar-refractivity contribution in [1.29, 1.82) is 0 Å². The molecular weight excluding hydrogens is 441 g/mol. The van der Waals surface area contributed by atoms with Gasteiger partial charge >= 0.3 is 0 Å². The van der Waals surface area contributed by atoms with Crippen LogP contribution in [0.3, 0.4) is 0 Å². The fourth-order valence-corrected chi connectivity index (χ4v) is 4.35. The van der Waals surface area contributed by atoms with E-state index in [-0.39, 0.29) is 11.8 Å². The maximum Gasteiger partial charge on any atom is 0.197 e. The molecule has 2 aromatic carbocycles. The lowest BCUT2D eigenvalue weighted by Gasteiger charge is -2.28. The lowest BCUT2D eigenvalue weighted by molar-refractivity contribution is 0.528. The van der Waals surface area contributed by atoms with Gasteiger partial charge in [-0.3, -0.25) is 0 Å². The topological polar surface area (TPSA) is 0 Å². The molecule has 0 nitrogen and oxygen atoms in total. The van der Waals surface area contributed by atoms with Crippen molar-refractivity contribution in [3.63, 3.8) is 0 Å². The molecule has 0 saturated heterocycles. The molecule has 0 saturated carbocycles. The Hall–Kier alpha value is 0.180. The van der Waals surface area contributed by atoms with Crippen molar-refractivity contribution in [3.8, 4) is 0 Å². The Labute approximate surface area is 179 Å². The monoisotopic (exact) mass is 456 g/mol. The lowest BCUT2D eigenvalue weighted by Crippen LogP contribution is -2.20. The highest BCUT2D eigenvalue weighted by atomic mass is 35.6. The summed E-state index contributed by atoms with van der Waals surface area (Å²) in [5, 5.41) is 0. The number of hydrogen-bond donors (Lipinski definition) is 0. The molecule has 0 amide bonds. The van der Waals surface area contributed by atoms with Crippen LogP contribution in [0.2, 0.25) is 0 Å². The molecule has 0 aliphatic rings. The van der Waals surface area contributed by atoms with Gasteiger partial charge in [0.25, 0.3) is 0 Å². The predicted octanol–water partition coefficient (Wildman–Crippen LogP) is 8.46. The Bertz CT molecular complexity index is 573. The Morgan fingerprint density at radius 1 is 0.560 bits per heavy atom. The zero-order valence-corrected chi connectivity index (χ0v) is 17.9. The van der Waals surface area contributed by atoms with E-state index in [1.54, 1.807) is 0 Å². The highest BCUT2D eigenvalue weighted by Gasteiger charge is 2.36. The van der Waals surface area contributed by atoms with Gasteiger partial charge in [-0.25, -0.2) is 0 Å². The summed E-state index contributed by atoms with van der Waals surface area (Å²) in [6.07, 6.45) is 2.14. The zero-order valence-electron chi connectivity index (χ0n) is 13.3. The molecule has 0 fully saturated rings. The minimum Gasteiger partial charge on any atom is -0.0830 e. The van der Waals surface area contributed by atoms with Crippen molar-refractivity contribution >= 4 is 69.6 Å². The summed E-state index contributed by atoms with van der Waals surface area (Å²) in [5.74, 6) is -0.434. The maximum absolute atomic E-state index is 6.21. The molecule has 0 heterocycles. The van der Waals surface area contributed by atoms with Gasteiger partial charge in [-0.15, -0.1) is 0 Å². The molecule has 2 unspecified atom stereocenters. The predicted molar refractivity (Wildman–Crippen MR) is 113 cm³/mol. The molecule has 136 valence electrons. The van der Waals surface area contributed by atoms with E-state index in [4.69, 9.17) is 69.6 Å². The quantitative estimate of drug-likeness (QED) is 0.381. The normalized spacial score (nSPS) is 15.0. The van der Waals surface area contributed by atoms with Crippen LogP contribution in [0.25, 0.3) is 0 Å². The molecular formula is C19H18Cl6. The van der Waals surface area contributed by atoms with E-state index in [1.165, 1.54) is 0 Å². The van der Waals surface area contributed by atoms with Crippen LogP contribution in [0.5, 0.6) is 0 Å². The second kappa shape index (κ2) is 9.40. The Balaban J connectivity index is 2.09. The third-order valence-electron chi connectivity index (χ3n) is 4.18. The molecule has 0 aromatic heterocycles. The Kier molecular flexibility index (Phi) is 8.08. The summed E-state index contributed by atoms with van der Waals surface area (Å²) in [6, 6.07) is 19.5.